The first-order valence-corrected chi connectivity index (χ1v) is 4.50. The summed E-state index contributed by atoms with van der Waals surface area (Å²) >= 11 is 0. The van der Waals surface area contributed by atoms with E-state index in [-0.39, 0.29) is 0 Å². The van der Waals surface area contributed by atoms with Gasteiger partial charge in [-0.1, -0.05) is 48.1 Å². The van der Waals surface area contributed by atoms with Crippen LogP contribution >= 0.6 is 0 Å². The van der Waals surface area contributed by atoms with Gasteiger partial charge in [-0.2, -0.15) is 0 Å². The highest BCUT2D eigenvalue weighted by atomic mass is 14.0. The number of hydrogen-bond donors (Lipinski definition) is 0. The second-order valence-electron chi connectivity index (χ2n) is 3.54. The maximum absolute atomic E-state index is 3.84. The first-order chi connectivity index (χ1) is 6.09. The van der Waals surface area contributed by atoms with E-state index in [1.165, 1.54) is 16.7 Å². The van der Waals surface area contributed by atoms with Crippen molar-refractivity contribution in [3.05, 3.63) is 53.1 Å². The molecule has 0 heterocycles. The normalized spacial score (nSPS) is 10.7. The smallest absolute Gasteiger partial charge is 0.0225 e. The molecule has 0 aliphatic rings. The Labute approximate surface area is 80.6 Å². The molecule has 68 valence electrons. The standard InChI is InChI=1S/C13H16/c1-10(2)5-8-13-9-11(3)6-7-12(13)4/h5-9H,1H2,2-4H3/b8-5-. The molecule has 1 aromatic rings. The van der Waals surface area contributed by atoms with Crippen molar-refractivity contribution in [2.75, 3.05) is 0 Å². The summed E-state index contributed by atoms with van der Waals surface area (Å²) in [5, 5.41) is 0. The molecule has 0 nitrogen and oxygen atoms in total. The van der Waals surface area contributed by atoms with Crippen molar-refractivity contribution < 1.29 is 0 Å². The molecule has 0 radical (unpaired) electrons. The maximum Gasteiger partial charge on any atom is -0.0225 e. The molecule has 1 aromatic carbocycles. The first kappa shape index (κ1) is 9.79. The number of allylic oxidation sites excluding steroid dienone is 2. The van der Waals surface area contributed by atoms with E-state index in [4.69, 9.17) is 0 Å². The average molecular weight is 172 g/mol. The monoisotopic (exact) mass is 172 g/mol. The Hall–Kier alpha value is -1.30. The first-order valence-electron chi connectivity index (χ1n) is 4.50. The predicted molar refractivity (Wildman–Crippen MR) is 59.8 cm³/mol. The molecule has 0 atom stereocenters. The lowest BCUT2D eigenvalue weighted by atomic mass is 10.0. The lowest BCUT2D eigenvalue weighted by Gasteiger charge is -2.01. The van der Waals surface area contributed by atoms with Crippen LogP contribution in [0.3, 0.4) is 0 Å². The summed E-state index contributed by atoms with van der Waals surface area (Å²) in [5.74, 6) is 0. The van der Waals surface area contributed by atoms with Crippen LogP contribution in [0.1, 0.15) is 23.6 Å². The zero-order valence-electron chi connectivity index (χ0n) is 8.59. The van der Waals surface area contributed by atoms with Crippen LogP contribution in [0.2, 0.25) is 0 Å². The Balaban J connectivity index is 3.00. The summed E-state index contributed by atoms with van der Waals surface area (Å²) in [6.45, 7) is 10.1. The third-order valence-corrected chi connectivity index (χ3v) is 1.98. The van der Waals surface area contributed by atoms with Gasteiger partial charge in [0.2, 0.25) is 0 Å². The van der Waals surface area contributed by atoms with Gasteiger partial charge in [0.25, 0.3) is 0 Å². The van der Waals surface area contributed by atoms with Gasteiger partial charge in [-0.15, -0.1) is 0 Å². The van der Waals surface area contributed by atoms with E-state index in [1.807, 2.05) is 13.0 Å². The Morgan fingerprint density at radius 3 is 2.62 bits per heavy atom. The van der Waals surface area contributed by atoms with E-state index in [2.05, 4.69) is 44.7 Å². The maximum atomic E-state index is 3.84. The van der Waals surface area contributed by atoms with Crippen molar-refractivity contribution in [1.82, 2.24) is 0 Å². The summed E-state index contributed by atoms with van der Waals surface area (Å²) in [6, 6.07) is 6.47. The van der Waals surface area contributed by atoms with Crippen molar-refractivity contribution in [3.63, 3.8) is 0 Å². The molecule has 13 heavy (non-hydrogen) atoms. The molecule has 1 rings (SSSR count). The Morgan fingerprint density at radius 2 is 2.00 bits per heavy atom. The van der Waals surface area contributed by atoms with Gasteiger partial charge in [-0.3, -0.25) is 0 Å². The molecule has 0 spiro atoms. The molecule has 0 aromatic heterocycles. The number of benzene rings is 1. The molecule has 0 saturated heterocycles. The van der Waals surface area contributed by atoms with Gasteiger partial charge in [0.1, 0.15) is 0 Å². The molecule has 0 N–H and O–H groups in total. The third-order valence-electron chi connectivity index (χ3n) is 1.98. The van der Waals surface area contributed by atoms with Crippen molar-refractivity contribution in [1.29, 1.82) is 0 Å². The highest BCUT2D eigenvalue weighted by molar-refractivity contribution is 5.56. The van der Waals surface area contributed by atoms with Crippen LogP contribution in [0.25, 0.3) is 6.08 Å². The van der Waals surface area contributed by atoms with Crippen molar-refractivity contribution >= 4 is 6.08 Å². The molecule has 0 unspecified atom stereocenters. The minimum Gasteiger partial charge on any atom is -0.0961 e. The van der Waals surface area contributed by atoms with E-state index in [9.17, 15) is 0 Å². The minimum atomic E-state index is 1.08. The molecule has 0 bridgehead atoms. The van der Waals surface area contributed by atoms with Gasteiger partial charge in [0.05, 0.1) is 0 Å². The molecule has 0 fully saturated rings. The summed E-state index contributed by atoms with van der Waals surface area (Å²) in [6.07, 6.45) is 4.16. The summed E-state index contributed by atoms with van der Waals surface area (Å²) in [5.41, 5.74) is 4.97. The largest absolute Gasteiger partial charge is 0.0961 e. The molecule has 0 aliphatic carbocycles. The minimum absolute atomic E-state index is 1.08. The average Bonchev–Trinajstić information content (AvgIpc) is 2.06. The predicted octanol–water partition coefficient (Wildman–Crippen LogP) is 3.89. The second kappa shape index (κ2) is 4.08. The van der Waals surface area contributed by atoms with Crippen LogP contribution in [0, 0.1) is 13.8 Å². The number of rotatable bonds is 2. The molecule has 0 amide bonds. The van der Waals surface area contributed by atoms with Gasteiger partial charge in [-0.25, -0.2) is 0 Å². The molecule has 0 heteroatoms. The van der Waals surface area contributed by atoms with Crippen molar-refractivity contribution in [3.8, 4) is 0 Å². The number of hydrogen-bond acceptors (Lipinski definition) is 0. The third kappa shape index (κ3) is 2.90. The molecular formula is C13H16. The molecular weight excluding hydrogens is 156 g/mol. The molecule has 0 aliphatic heterocycles. The van der Waals surface area contributed by atoms with E-state index >= 15 is 0 Å². The fraction of sp³-hybridized carbons (Fsp3) is 0.231. The van der Waals surface area contributed by atoms with Crippen LogP contribution in [-0.2, 0) is 0 Å². The zero-order valence-corrected chi connectivity index (χ0v) is 8.59. The van der Waals surface area contributed by atoms with E-state index in [1.54, 1.807) is 0 Å². The Morgan fingerprint density at radius 1 is 1.31 bits per heavy atom. The van der Waals surface area contributed by atoms with Crippen LogP contribution < -0.4 is 0 Å². The lowest BCUT2D eigenvalue weighted by molar-refractivity contribution is 1.37. The zero-order chi connectivity index (χ0) is 9.84. The molecule has 0 saturated carbocycles. The second-order valence-corrected chi connectivity index (χ2v) is 3.54. The van der Waals surface area contributed by atoms with Crippen LogP contribution in [-0.4, -0.2) is 0 Å². The van der Waals surface area contributed by atoms with Crippen molar-refractivity contribution in [2.24, 2.45) is 0 Å². The van der Waals surface area contributed by atoms with Gasteiger partial charge in [-0.05, 0) is 31.9 Å². The van der Waals surface area contributed by atoms with Crippen LogP contribution in [0.4, 0.5) is 0 Å². The highest BCUT2D eigenvalue weighted by Gasteiger charge is 1.93. The lowest BCUT2D eigenvalue weighted by Crippen LogP contribution is -1.81. The van der Waals surface area contributed by atoms with E-state index in [0.717, 1.165) is 5.57 Å². The Bertz CT molecular complexity index is 343. The van der Waals surface area contributed by atoms with Gasteiger partial charge in [0.15, 0.2) is 0 Å². The highest BCUT2D eigenvalue weighted by Crippen LogP contribution is 2.12. The van der Waals surface area contributed by atoms with Crippen LogP contribution in [0.15, 0.2) is 36.4 Å². The van der Waals surface area contributed by atoms with Gasteiger partial charge >= 0.3 is 0 Å². The summed E-state index contributed by atoms with van der Waals surface area (Å²) in [7, 11) is 0. The summed E-state index contributed by atoms with van der Waals surface area (Å²) in [4.78, 5) is 0. The van der Waals surface area contributed by atoms with Gasteiger partial charge < -0.3 is 0 Å². The quantitative estimate of drug-likeness (QED) is 0.594. The van der Waals surface area contributed by atoms with E-state index in [0.29, 0.717) is 0 Å². The van der Waals surface area contributed by atoms with Crippen molar-refractivity contribution in [2.45, 2.75) is 20.8 Å². The fourth-order valence-electron chi connectivity index (χ4n) is 1.17. The van der Waals surface area contributed by atoms with Gasteiger partial charge in [0, 0.05) is 0 Å². The van der Waals surface area contributed by atoms with E-state index < -0.39 is 0 Å². The SMILES string of the molecule is C=C(C)/C=C\c1cc(C)ccc1C. The number of aryl methyl sites for hydroxylation is 2. The fourth-order valence-corrected chi connectivity index (χ4v) is 1.17. The van der Waals surface area contributed by atoms with Crippen LogP contribution in [0.5, 0.6) is 0 Å². The topological polar surface area (TPSA) is 0 Å². The summed E-state index contributed by atoms with van der Waals surface area (Å²) < 4.78 is 0. The Kier molecular flexibility index (Phi) is 3.07.